The van der Waals surface area contributed by atoms with E-state index in [1.807, 2.05) is 0 Å². The molecule has 0 bridgehead atoms. The Balaban J connectivity index is 3.23. The van der Waals surface area contributed by atoms with Gasteiger partial charge in [-0.05, 0) is 22.8 Å². The van der Waals surface area contributed by atoms with Gasteiger partial charge in [-0.25, -0.2) is 0 Å². The number of hydrogen-bond donors (Lipinski definition) is 1. The summed E-state index contributed by atoms with van der Waals surface area (Å²) < 4.78 is 21.3. The van der Waals surface area contributed by atoms with Gasteiger partial charge >= 0.3 is 0 Å². The second kappa shape index (κ2) is 2.35. The van der Waals surface area contributed by atoms with E-state index in [2.05, 4.69) is 20.9 Å². The summed E-state index contributed by atoms with van der Waals surface area (Å²) in [7, 11) is 0. The van der Waals surface area contributed by atoms with Crippen LogP contribution in [0, 0.1) is 6.85 Å². The van der Waals surface area contributed by atoms with Gasteiger partial charge in [0.1, 0.15) is 0 Å². The Hall–Kier alpha value is -0.570. The lowest BCUT2D eigenvalue weighted by atomic mass is 10.4. The molecule has 48 valence electrons. The van der Waals surface area contributed by atoms with E-state index in [9.17, 15) is 4.79 Å². The van der Waals surface area contributed by atoms with Crippen LogP contribution in [-0.2, 0) is 0 Å². The fourth-order valence-electron chi connectivity index (χ4n) is 0.454. The van der Waals surface area contributed by atoms with Gasteiger partial charge < -0.3 is 4.98 Å². The molecule has 0 amide bonds. The highest BCUT2D eigenvalue weighted by atomic mass is 79.9. The molecule has 0 radical (unpaired) electrons. The number of H-pyrrole nitrogens is 1. The maximum atomic E-state index is 11.0. The summed E-state index contributed by atoms with van der Waals surface area (Å²) in [6.45, 7) is -2.25. The summed E-state index contributed by atoms with van der Waals surface area (Å²) in [5.74, 6) is 0. The molecule has 1 rings (SSSR count). The smallest absolute Gasteiger partial charge is 0.195 e. The second-order valence-electron chi connectivity index (χ2n) is 1.56. The van der Waals surface area contributed by atoms with Gasteiger partial charge in [-0.3, -0.25) is 4.79 Å². The van der Waals surface area contributed by atoms with Crippen LogP contribution in [0.25, 0.3) is 0 Å². The van der Waals surface area contributed by atoms with Crippen LogP contribution in [0.2, 0.25) is 0 Å². The van der Waals surface area contributed by atoms with E-state index >= 15 is 0 Å². The van der Waals surface area contributed by atoms with Gasteiger partial charge in [0.25, 0.3) is 0 Å². The Morgan fingerprint density at radius 1 is 1.89 bits per heavy atom. The number of hydrogen-bond acceptors (Lipinski definition) is 1. The van der Waals surface area contributed by atoms with E-state index in [-0.39, 0.29) is 11.1 Å². The number of halogens is 1. The molecule has 1 heterocycles. The third-order valence-electron chi connectivity index (χ3n) is 0.865. The molecule has 0 aromatic carbocycles. The number of aromatic amines is 1. The Bertz CT molecular complexity index is 343. The topological polar surface area (TPSA) is 32.9 Å². The van der Waals surface area contributed by atoms with Crippen LogP contribution in [-0.4, -0.2) is 4.98 Å². The Morgan fingerprint density at radius 2 is 2.67 bits per heavy atom. The first-order valence-electron chi connectivity index (χ1n) is 3.80. The highest BCUT2D eigenvalue weighted by Crippen LogP contribution is 1.98. The summed E-state index contributed by atoms with van der Waals surface area (Å²) in [5.41, 5.74) is -0.379. The van der Waals surface area contributed by atoms with Gasteiger partial charge in [-0.1, -0.05) is 0 Å². The van der Waals surface area contributed by atoms with Gasteiger partial charge in [0.2, 0.25) is 0 Å². The minimum atomic E-state index is -2.25. The van der Waals surface area contributed by atoms with E-state index in [1.54, 1.807) is 0 Å². The van der Waals surface area contributed by atoms with E-state index in [4.69, 9.17) is 4.11 Å². The average molecular weight is 191 g/mol. The molecule has 0 fully saturated rings. The third kappa shape index (κ3) is 1.42. The molecule has 3 heteroatoms. The molecular weight excluding hydrogens is 182 g/mol. The molecule has 1 aromatic heterocycles. The average Bonchev–Trinajstić information content (AvgIpc) is 1.92. The zero-order chi connectivity index (χ0) is 9.35. The standard InChI is InChI=1S/C6H6BrNO/c1-4-2-6(9)5(7)3-8-4/h2-3H,1H3,(H,8,9)/i1D3. The molecule has 0 aliphatic heterocycles. The molecule has 1 aromatic rings. The van der Waals surface area contributed by atoms with Gasteiger partial charge in [0.15, 0.2) is 5.43 Å². The van der Waals surface area contributed by atoms with Crippen LogP contribution in [0.4, 0.5) is 0 Å². The van der Waals surface area contributed by atoms with E-state index < -0.39 is 6.85 Å². The van der Waals surface area contributed by atoms with Gasteiger partial charge in [-0.2, -0.15) is 0 Å². The SMILES string of the molecule is [2H]C([2H])([2H])c1cc(=O)c(Br)c[nH]1. The fraction of sp³-hybridized carbons (Fsp3) is 0.167. The Kier molecular flexibility index (Phi) is 0.931. The number of pyridine rings is 1. The van der Waals surface area contributed by atoms with E-state index in [0.717, 1.165) is 6.07 Å². The van der Waals surface area contributed by atoms with Crippen molar-refractivity contribution in [1.29, 1.82) is 0 Å². The zero-order valence-corrected chi connectivity index (χ0v) is 6.03. The van der Waals surface area contributed by atoms with Crippen LogP contribution in [0.1, 0.15) is 9.81 Å². The van der Waals surface area contributed by atoms with Crippen molar-refractivity contribution in [2.75, 3.05) is 0 Å². The molecule has 0 aliphatic rings. The summed E-state index contributed by atoms with van der Waals surface area (Å²) in [6.07, 6.45) is 1.32. The van der Waals surface area contributed by atoms with Crippen LogP contribution >= 0.6 is 15.9 Å². The lowest BCUT2D eigenvalue weighted by Gasteiger charge is -1.89. The zero-order valence-electron chi connectivity index (χ0n) is 7.44. The van der Waals surface area contributed by atoms with Crippen LogP contribution < -0.4 is 5.43 Å². The molecule has 2 nitrogen and oxygen atoms in total. The second-order valence-corrected chi connectivity index (χ2v) is 2.41. The lowest BCUT2D eigenvalue weighted by Crippen LogP contribution is -2.00. The van der Waals surface area contributed by atoms with Crippen molar-refractivity contribution in [1.82, 2.24) is 4.98 Å². The number of nitrogens with one attached hydrogen (secondary N) is 1. The maximum Gasteiger partial charge on any atom is 0.195 e. The molecule has 0 unspecified atom stereocenters. The quantitative estimate of drug-likeness (QED) is 0.661. The molecule has 0 atom stereocenters. The molecule has 1 N–H and O–H groups in total. The minimum absolute atomic E-state index is 0.0456. The van der Waals surface area contributed by atoms with Crippen LogP contribution in [0.5, 0.6) is 0 Å². The lowest BCUT2D eigenvalue weighted by molar-refractivity contribution is 1.17. The molecule has 0 aliphatic carbocycles. The highest BCUT2D eigenvalue weighted by molar-refractivity contribution is 9.10. The van der Waals surface area contributed by atoms with Crippen molar-refractivity contribution in [3.05, 3.63) is 32.7 Å². The first-order chi connectivity index (χ1) is 5.41. The number of aryl methyl sites for hydroxylation is 1. The van der Waals surface area contributed by atoms with Crippen molar-refractivity contribution < 1.29 is 4.11 Å². The first kappa shape index (κ1) is 3.56. The number of rotatable bonds is 0. The number of aromatic nitrogens is 1. The summed E-state index contributed by atoms with van der Waals surface area (Å²) >= 11 is 2.97. The molecule has 0 saturated carbocycles. The van der Waals surface area contributed by atoms with Crippen LogP contribution in [0.3, 0.4) is 0 Å². The summed E-state index contributed by atoms with van der Waals surface area (Å²) in [4.78, 5) is 13.5. The Morgan fingerprint density at radius 3 is 3.22 bits per heavy atom. The van der Waals surface area contributed by atoms with Crippen molar-refractivity contribution in [2.24, 2.45) is 0 Å². The summed E-state index contributed by atoms with van der Waals surface area (Å²) in [5, 5.41) is 0. The van der Waals surface area contributed by atoms with E-state index in [1.165, 1.54) is 6.20 Å². The molecule has 0 spiro atoms. The monoisotopic (exact) mass is 190 g/mol. The van der Waals surface area contributed by atoms with Gasteiger partial charge in [0, 0.05) is 22.1 Å². The molecule has 9 heavy (non-hydrogen) atoms. The van der Waals surface area contributed by atoms with E-state index in [0.29, 0.717) is 4.47 Å². The van der Waals surface area contributed by atoms with Gasteiger partial charge in [-0.15, -0.1) is 0 Å². The predicted octanol–water partition coefficient (Wildman–Crippen LogP) is 1.45. The maximum absolute atomic E-state index is 11.0. The van der Waals surface area contributed by atoms with Crippen molar-refractivity contribution in [3.8, 4) is 0 Å². The van der Waals surface area contributed by atoms with Crippen molar-refractivity contribution >= 4 is 15.9 Å². The first-order valence-corrected chi connectivity index (χ1v) is 3.09. The summed E-state index contributed by atoms with van der Waals surface area (Å²) in [6, 6.07) is 1.07. The molecule has 0 saturated heterocycles. The normalized spacial score (nSPS) is 15.9. The van der Waals surface area contributed by atoms with Crippen LogP contribution in [0.15, 0.2) is 21.5 Å². The fourth-order valence-corrected chi connectivity index (χ4v) is 0.683. The molecular formula is C6H6BrNO. The largest absolute Gasteiger partial charge is 0.364 e. The van der Waals surface area contributed by atoms with Crippen molar-refractivity contribution in [2.45, 2.75) is 6.85 Å². The minimum Gasteiger partial charge on any atom is -0.364 e. The van der Waals surface area contributed by atoms with Gasteiger partial charge in [0.05, 0.1) is 4.47 Å². The third-order valence-corrected chi connectivity index (χ3v) is 1.48. The Labute approximate surface area is 65.3 Å². The van der Waals surface area contributed by atoms with Crippen molar-refractivity contribution in [3.63, 3.8) is 0 Å². The predicted molar refractivity (Wildman–Crippen MR) is 39.5 cm³/mol. The highest BCUT2D eigenvalue weighted by Gasteiger charge is 1.91.